The monoisotopic (exact) mass is 293 g/mol. The van der Waals surface area contributed by atoms with Gasteiger partial charge >= 0.3 is 6.03 Å². The summed E-state index contributed by atoms with van der Waals surface area (Å²) in [7, 11) is 0. The van der Waals surface area contributed by atoms with Crippen molar-refractivity contribution in [1.29, 1.82) is 0 Å². The van der Waals surface area contributed by atoms with Gasteiger partial charge in [-0.1, -0.05) is 6.07 Å². The van der Waals surface area contributed by atoms with Gasteiger partial charge in [-0.05, 0) is 6.07 Å². The molecule has 7 nitrogen and oxygen atoms in total. The molecular formula is C12H11N3O4S. The fourth-order valence-corrected chi connectivity index (χ4v) is 3.43. The number of benzene rings is 1. The molecule has 2 aliphatic rings. The fraction of sp³-hybridized carbons (Fsp3) is 0.333. The number of nitro benzene ring substituents is 1. The van der Waals surface area contributed by atoms with Crippen LogP contribution in [0.25, 0.3) is 0 Å². The van der Waals surface area contributed by atoms with Gasteiger partial charge in [0.2, 0.25) is 0 Å². The van der Waals surface area contributed by atoms with Crippen LogP contribution in [0.2, 0.25) is 0 Å². The van der Waals surface area contributed by atoms with Gasteiger partial charge in [0.1, 0.15) is 6.04 Å². The quantitative estimate of drug-likeness (QED) is 0.468. The second kappa shape index (κ2) is 4.78. The molecule has 20 heavy (non-hydrogen) atoms. The Morgan fingerprint density at radius 1 is 1.35 bits per heavy atom. The Balaban J connectivity index is 1.97. The van der Waals surface area contributed by atoms with Gasteiger partial charge in [0.25, 0.3) is 11.6 Å². The first-order valence-electron chi connectivity index (χ1n) is 6.06. The molecule has 0 aromatic heterocycles. The molecule has 0 aliphatic carbocycles. The molecule has 1 atom stereocenters. The molecule has 1 aromatic carbocycles. The zero-order valence-electron chi connectivity index (χ0n) is 10.4. The highest BCUT2D eigenvalue weighted by atomic mass is 32.2. The average Bonchev–Trinajstić information content (AvgIpc) is 2.72. The minimum absolute atomic E-state index is 0.137. The first-order valence-corrected chi connectivity index (χ1v) is 7.22. The first-order chi connectivity index (χ1) is 9.59. The van der Waals surface area contributed by atoms with Crippen molar-refractivity contribution in [3.63, 3.8) is 0 Å². The Morgan fingerprint density at radius 2 is 2.15 bits per heavy atom. The van der Waals surface area contributed by atoms with Crippen LogP contribution in [0.3, 0.4) is 0 Å². The second-order valence-corrected chi connectivity index (χ2v) is 5.67. The van der Waals surface area contributed by atoms with E-state index in [0.717, 1.165) is 10.7 Å². The summed E-state index contributed by atoms with van der Waals surface area (Å²) in [5, 5.41) is 10.8. The van der Waals surface area contributed by atoms with E-state index >= 15 is 0 Å². The average molecular weight is 293 g/mol. The highest BCUT2D eigenvalue weighted by Gasteiger charge is 2.47. The summed E-state index contributed by atoms with van der Waals surface area (Å²) in [5.74, 6) is 1.08. The van der Waals surface area contributed by atoms with E-state index < -0.39 is 11.0 Å². The normalized spacial score (nSPS) is 22.1. The predicted octanol–water partition coefficient (Wildman–Crippen LogP) is 1.48. The lowest BCUT2D eigenvalue weighted by Gasteiger charge is -2.25. The number of hydrogen-bond acceptors (Lipinski definition) is 5. The Bertz CT molecular complexity index is 582. The number of carbonyl (C=O) groups excluding carboxylic acids is 2. The number of nitrogens with zero attached hydrogens (tertiary/aromatic N) is 3. The number of hydrogen-bond donors (Lipinski definition) is 0. The maximum absolute atomic E-state index is 12.3. The third-order valence-electron chi connectivity index (χ3n) is 3.37. The van der Waals surface area contributed by atoms with Gasteiger partial charge in [-0.2, -0.15) is 11.8 Å². The van der Waals surface area contributed by atoms with Crippen molar-refractivity contribution in [2.75, 3.05) is 23.0 Å². The molecule has 8 heteroatoms. The smallest absolute Gasteiger partial charge is 0.310 e. The van der Waals surface area contributed by atoms with Crippen LogP contribution in [0.15, 0.2) is 24.3 Å². The zero-order valence-corrected chi connectivity index (χ0v) is 11.2. The van der Waals surface area contributed by atoms with Crippen molar-refractivity contribution in [3.8, 4) is 0 Å². The van der Waals surface area contributed by atoms with Gasteiger partial charge < -0.3 is 4.90 Å². The Kier molecular flexibility index (Phi) is 3.09. The number of imide groups is 1. The highest BCUT2D eigenvalue weighted by molar-refractivity contribution is 7.99. The molecule has 0 saturated carbocycles. The number of nitro groups is 1. The molecule has 3 amide bonds. The molecule has 1 unspecified atom stereocenters. The maximum atomic E-state index is 12.3. The summed E-state index contributed by atoms with van der Waals surface area (Å²) in [4.78, 5) is 37.4. The zero-order chi connectivity index (χ0) is 14.3. The number of rotatable bonds is 2. The molecule has 2 fully saturated rings. The molecule has 0 radical (unpaired) electrons. The number of carbonyl (C=O) groups is 2. The Hall–Kier alpha value is -2.09. The van der Waals surface area contributed by atoms with Gasteiger partial charge in [-0.15, -0.1) is 0 Å². The van der Waals surface area contributed by atoms with E-state index in [1.807, 2.05) is 0 Å². The van der Waals surface area contributed by atoms with Crippen LogP contribution in [0.4, 0.5) is 16.2 Å². The van der Waals surface area contributed by atoms with E-state index in [0.29, 0.717) is 12.3 Å². The van der Waals surface area contributed by atoms with Gasteiger partial charge in [0.05, 0.1) is 10.6 Å². The number of urea groups is 1. The van der Waals surface area contributed by atoms with Crippen molar-refractivity contribution in [3.05, 3.63) is 34.4 Å². The lowest BCUT2D eigenvalue weighted by Crippen LogP contribution is -2.41. The molecular weight excluding hydrogens is 282 g/mol. The minimum Gasteiger partial charge on any atom is -0.310 e. The van der Waals surface area contributed by atoms with E-state index in [2.05, 4.69) is 0 Å². The summed E-state index contributed by atoms with van der Waals surface area (Å²) >= 11 is 1.63. The van der Waals surface area contributed by atoms with Crippen molar-refractivity contribution in [1.82, 2.24) is 4.90 Å². The van der Waals surface area contributed by atoms with Crippen molar-refractivity contribution in [2.45, 2.75) is 6.04 Å². The molecule has 0 spiro atoms. The lowest BCUT2D eigenvalue weighted by molar-refractivity contribution is -0.384. The number of anilines is 1. The molecule has 2 saturated heterocycles. The van der Waals surface area contributed by atoms with Crippen LogP contribution in [0.1, 0.15) is 0 Å². The van der Waals surface area contributed by atoms with Gasteiger partial charge in [-0.3, -0.25) is 14.9 Å². The topological polar surface area (TPSA) is 83.8 Å². The van der Waals surface area contributed by atoms with E-state index in [4.69, 9.17) is 0 Å². The van der Waals surface area contributed by atoms with Crippen LogP contribution in [0.5, 0.6) is 0 Å². The first kappa shape index (κ1) is 12.9. The third-order valence-corrected chi connectivity index (χ3v) is 4.39. The van der Waals surface area contributed by atoms with Crippen LogP contribution < -0.4 is 4.90 Å². The SMILES string of the molecule is O=C1C2CSCCN2C(=O)N1c1cccc([N+](=O)[O-])c1. The molecule has 3 rings (SSSR count). The summed E-state index contributed by atoms with van der Waals surface area (Å²) in [6, 6.07) is 4.76. The summed E-state index contributed by atoms with van der Waals surface area (Å²) in [6.07, 6.45) is 0. The summed E-state index contributed by atoms with van der Waals surface area (Å²) in [5.41, 5.74) is 0.121. The van der Waals surface area contributed by atoms with E-state index in [-0.39, 0.29) is 23.3 Å². The number of amides is 3. The highest BCUT2D eigenvalue weighted by Crippen LogP contribution is 2.31. The molecule has 2 heterocycles. The van der Waals surface area contributed by atoms with Gasteiger partial charge in [0, 0.05) is 30.2 Å². The maximum Gasteiger partial charge on any atom is 0.332 e. The van der Waals surface area contributed by atoms with Crippen LogP contribution in [-0.4, -0.2) is 45.9 Å². The lowest BCUT2D eigenvalue weighted by atomic mass is 10.2. The van der Waals surface area contributed by atoms with Crippen molar-refractivity contribution < 1.29 is 14.5 Å². The van der Waals surface area contributed by atoms with Crippen molar-refractivity contribution in [2.24, 2.45) is 0 Å². The van der Waals surface area contributed by atoms with Gasteiger partial charge in [-0.25, -0.2) is 9.69 Å². The van der Waals surface area contributed by atoms with E-state index in [1.165, 1.54) is 29.2 Å². The van der Waals surface area contributed by atoms with E-state index in [9.17, 15) is 19.7 Å². The molecule has 1 aromatic rings. The summed E-state index contributed by atoms with van der Waals surface area (Å²) in [6.45, 7) is 0.533. The number of non-ortho nitro benzene ring substituents is 1. The van der Waals surface area contributed by atoms with Crippen LogP contribution in [-0.2, 0) is 4.79 Å². The molecule has 0 N–H and O–H groups in total. The van der Waals surface area contributed by atoms with Crippen LogP contribution >= 0.6 is 11.8 Å². The molecule has 2 aliphatic heterocycles. The second-order valence-electron chi connectivity index (χ2n) is 4.52. The van der Waals surface area contributed by atoms with E-state index in [1.54, 1.807) is 11.8 Å². The number of thioether (sulfide) groups is 1. The Labute approximate surface area is 118 Å². The van der Waals surface area contributed by atoms with Crippen molar-refractivity contribution >= 4 is 35.1 Å². The number of fused-ring (bicyclic) bond motifs is 1. The fourth-order valence-electron chi connectivity index (χ4n) is 2.39. The largest absolute Gasteiger partial charge is 0.332 e. The molecule has 104 valence electrons. The third kappa shape index (κ3) is 1.92. The molecule has 0 bridgehead atoms. The predicted molar refractivity (Wildman–Crippen MR) is 73.8 cm³/mol. The van der Waals surface area contributed by atoms with Crippen LogP contribution in [0, 0.1) is 10.1 Å². The minimum atomic E-state index is -0.544. The summed E-state index contributed by atoms with van der Waals surface area (Å²) < 4.78 is 0. The standard InChI is InChI=1S/C12H11N3O4S/c16-11-10-7-20-5-4-13(10)12(17)14(11)8-2-1-3-9(6-8)15(18)19/h1-3,6,10H,4-5,7H2. The van der Waals surface area contributed by atoms with Gasteiger partial charge in [0.15, 0.2) is 0 Å². The Morgan fingerprint density at radius 3 is 2.85 bits per heavy atom.